The van der Waals surface area contributed by atoms with Crippen molar-refractivity contribution in [1.29, 1.82) is 0 Å². The van der Waals surface area contributed by atoms with E-state index in [1.807, 2.05) is 31.2 Å². The molecule has 6 heteroatoms. The minimum Gasteiger partial charge on any atom is -0.398 e. The van der Waals surface area contributed by atoms with Gasteiger partial charge in [0, 0.05) is 31.9 Å². The molecule has 0 bridgehead atoms. The molecule has 0 atom stereocenters. The fourth-order valence-corrected chi connectivity index (χ4v) is 4.34. The van der Waals surface area contributed by atoms with Crippen LogP contribution < -0.4 is 5.73 Å². The van der Waals surface area contributed by atoms with E-state index in [2.05, 4.69) is 0 Å². The first-order valence-corrected chi connectivity index (χ1v) is 9.04. The molecular weight excluding hydrogens is 286 g/mol. The highest BCUT2D eigenvalue weighted by Gasteiger charge is 2.29. The summed E-state index contributed by atoms with van der Waals surface area (Å²) in [5.41, 5.74) is 7.43. The molecule has 1 aromatic rings. The molecule has 2 rings (SSSR count). The Morgan fingerprint density at radius 3 is 2.33 bits per heavy atom. The zero-order valence-electron chi connectivity index (χ0n) is 12.7. The van der Waals surface area contributed by atoms with E-state index in [-0.39, 0.29) is 0 Å². The maximum atomic E-state index is 12.8. The number of nitrogens with zero attached hydrogens (tertiary/aromatic N) is 2. The van der Waals surface area contributed by atoms with Crippen LogP contribution in [-0.2, 0) is 16.8 Å². The Labute approximate surface area is 127 Å². The van der Waals surface area contributed by atoms with Crippen LogP contribution in [0.3, 0.4) is 0 Å². The zero-order chi connectivity index (χ0) is 15.3. The first-order valence-electron chi connectivity index (χ1n) is 7.64. The lowest BCUT2D eigenvalue weighted by Crippen LogP contribution is -2.43. The molecule has 0 radical (unpaired) electrons. The molecule has 1 aliphatic rings. The number of nitrogens with two attached hydrogens (primary N) is 1. The Balaban J connectivity index is 2.17. The summed E-state index contributed by atoms with van der Waals surface area (Å²) in [7, 11) is -3.40. The average molecular weight is 311 g/mol. The largest absolute Gasteiger partial charge is 0.398 e. The number of nitrogen functional groups attached to an aromatic ring is 1. The summed E-state index contributed by atoms with van der Waals surface area (Å²) in [5, 5.41) is 0. The molecule has 5 nitrogen and oxygen atoms in total. The van der Waals surface area contributed by atoms with Gasteiger partial charge in [-0.3, -0.25) is 0 Å². The number of hydrogen-bond acceptors (Lipinski definition) is 3. The van der Waals surface area contributed by atoms with Gasteiger partial charge < -0.3 is 5.73 Å². The standard InChI is InChI=1S/C15H25N3O2S/c1-2-17(13-14-9-5-6-10-15(14)16)21(19,20)18-11-7-3-4-8-12-18/h5-6,9-10H,2-4,7-8,11-13,16H2,1H3. The molecule has 0 aliphatic carbocycles. The van der Waals surface area contributed by atoms with Crippen molar-refractivity contribution < 1.29 is 8.42 Å². The third-order valence-electron chi connectivity index (χ3n) is 3.97. The summed E-state index contributed by atoms with van der Waals surface area (Å²) < 4.78 is 28.7. The molecule has 0 unspecified atom stereocenters. The molecular formula is C15H25N3O2S. The maximum Gasteiger partial charge on any atom is 0.282 e. The summed E-state index contributed by atoms with van der Waals surface area (Å²) >= 11 is 0. The second kappa shape index (κ2) is 7.24. The van der Waals surface area contributed by atoms with E-state index in [4.69, 9.17) is 5.73 Å². The van der Waals surface area contributed by atoms with E-state index in [1.54, 1.807) is 4.31 Å². The SMILES string of the molecule is CCN(Cc1ccccc1N)S(=O)(=O)N1CCCCCC1. The van der Waals surface area contributed by atoms with Crippen molar-refractivity contribution in [2.24, 2.45) is 0 Å². The van der Waals surface area contributed by atoms with Gasteiger partial charge in [-0.1, -0.05) is 38.0 Å². The van der Waals surface area contributed by atoms with Crippen LogP contribution in [0.5, 0.6) is 0 Å². The molecule has 1 fully saturated rings. The van der Waals surface area contributed by atoms with Crippen LogP contribution >= 0.6 is 0 Å². The van der Waals surface area contributed by atoms with E-state index < -0.39 is 10.2 Å². The van der Waals surface area contributed by atoms with Crippen LogP contribution in [0.15, 0.2) is 24.3 Å². The van der Waals surface area contributed by atoms with Crippen molar-refractivity contribution in [3.8, 4) is 0 Å². The van der Waals surface area contributed by atoms with Gasteiger partial charge in [-0.25, -0.2) is 0 Å². The van der Waals surface area contributed by atoms with Gasteiger partial charge in [0.1, 0.15) is 0 Å². The predicted molar refractivity (Wildman–Crippen MR) is 85.9 cm³/mol. The lowest BCUT2D eigenvalue weighted by Gasteiger charge is -2.28. The summed E-state index contributed by atoms with van der Waals surface area (Å²) in [6.45, 7) is 3.91. The smallest absolute Gasteiger partial charge is 0.282 e. The van der Waals surface area contributed by atoms with Crippen molar-refractivity contribution in [3.63, 3.8) is 0 Å². The summed E-state index contributed by atoms with van der Waals surface area (Å²) in [6, 6.07) is 7.44. The Morgan fingerprint density at radius 1 is 1.14 bits per heavy atom. The fraction of sp³-hybridized carbons (Fsp3) is 0.600. The Kier molecular flexibility index (Phi) is 5.61. The lowest BCUT2D eigenvalue weighted by molar-refractivity contribution is 0.344. The van der Waals surface area contributed by atoms with Gasteiger partial charge in [0.25, 0.3) is 10.2 Å². The molecule has 2 N–H and O–H groups in total. The van der Waals surface area contributed by atoms with Gasteiger partial charge in [-0.15, -0.1) is 0 Å². The average Bonchev–Trinajstić information content (AvgIpc) is 2.75. The Morgan fingerprint density at radius 2 is 1.76 bits per heavy atom. The van der Waals surface area contributed by atoms with Crippen molar-refractivity contribution >= 4 is 15.9 Å². The molecule has 0 aromatic heterocycles. The van der Waals surface area contributed by atoms with Gasteiger partial charge in [-0.05, 0) is 24.5 Å². The number of rotatable bonds is 5. The molecule has 0 amide bonds. The number of hydrogen-bond donors (Lipinski definition) is 1. The van der Waals surface area contributed by atoms with Crippen LogP contribution in [0.1, 0.15) is 38.2 Å². The molecule has 1 heterocycles. The van der Waals surface area contributed by atoms with Gasteiger partial charge in [0.2, 0.25) is 0 Å². The molecule has 21 heavy (non-hydrogen) atoms. The predicted octanol–water partition coefficient (Wildman–Crippen LogP) is 2.21. The minimum absolute atomic E-state index is 0.335. The van der Waals surface area contributed by atoms with E-state index in [1.165, 1.54) is 4.31 Å². The lowest BCUT2D eigenvalue weighted by atomic mass is 10.2. The molecule has 118 valence electrons. The topological polar surface area (TPSA) is 66.6 Å². The molecule has 1 aromatic carbocycles. The van der Waals surface area contributed by atoms with Gasteiger partial charge in [0.15, 0.2) is 0 Å². The molecule has 1 saturated heterocycles. The highest BCUT2D eigenvalue weighted by molar-refractivity contribution is 7.86. The maximum absolute atomic E-state index is 12.8. The molecule has 1 aliphatic heterocycles. The third kappa shape index (κ3) is 3.96. The van der Waals surface area contributed by atoms with Gasteiger partial charge >= 0.3 is 0 Å². The minimum atomic E-state index is -3.40. The van der Waals surface area contributed by atoms with E-state index >= 15 is 0 Å². The highest BCUT2D eigenvalue weighted by atomic mass is 32.2. The number of para-hydroxylation sites is 1. The monoisotopic (exact) mass is 311 g/mol. The van der Waals surface area contributed by atoms with Crippen molar-refractivity contribution in [3.05, 3.63) is 29.8 Å². The van der Waals surface area contributed by atoms with Crippen LogP contribution in [0.25, 0.3) is 0 Å². The molecule has 0 spiro atoms. The van der Waals surface area contributed by atoms with Crippen molar-refractivity contribution in [2.45, 2.75) is 39.2 Å². The summed E-state index contributed by atoms with van der Waals surface area (Å²) in [4.78, 5) is 0. The van der Waals surface area contributed by atoms with E-state index in [0.717, 1.165) is 31.2 Å². The van der Waals surface area contributed by atoms with Crippen LogP contribution in [0, 0.1) is 0 Å². The van der Waals surface area contributed by atoms with Gasteiger partial charge in [0.05, 0.1) is 0 Å². The normalized spacial score (nSPS) is 17.8. The zero-order valence-corrected chi connectivity index (χ0v) is 13.5. The Hall–Kier alpha value is -1.11. The Bertz CT molecular complexity index is 552. The summed E-state index contributed by atoms with van der Waals surface area (Å²) in [6.07, 6.45) is 4.13. The highest BCUT2D eigenvalue weighted by Crippen LogP contribution is 2.20. The van der Waals surface area contributed by atoms with Crippen LogP contribution in [0.2, 0.25) is 0 Å². The van der Waals surface area contributed by atoms with Crippen molar-refractivity contribution in [2.75, 3.05) is 25.4 Å². The number of benzene rings is 1. The van der Waals surface area contributed by atoms with E-state index in [9.17, 15) is 8.42 Å². The second-order valence-corrected chi connectivity index (χ2v) is 7.37. The van der Waals surface area contributed by atoms with Crippen molar-refractivity contribution in [1.82, 2.24) is 8.61 Å². The van der Waals surface area contributed by atoms with Gasteiger partial charge in [-0.2, -0.15) is 17.0 Å². The quantitative estimate of drug-likeness (QED) is 0.848. The van der Waals surface area contributed by atoms with Crippen LogP contribution in [0.4, 0.5) is 5.69 Å². The summed E-state index contributed by atoms with van der Waals surface area (Å²) in [5.74, 6) is 0. The van der Waals surface area contributed by atoms with E-state index in [0.29, 0.717) is 31.9 Å². The van der Waals surface area contributed by atoms with Crippen LogP contribution in [-0.4, -0.2) is 36.7 Å². The second-order valence-electron chi connectivity index (χ2n) is 5.45. The third-order valence-corrected chi connectivity index (χ3v) is 6.03. The first kappa shape index (κ1) is 16.3. The first-order chi connectivity index (χ1) is 10.1. The fourth-order valence-electron chi connectivity index (χ4n) is 2.66. The molecule has 0 saturated carbocycles. The number of anilines is 1.